The molecule has 1 N–H and O–H groups in total. The van der Waals surface area contributed by atoms with Gasteiger partial charge in [0.05, 0.1) is 6.10 Å². The van der Waals surface area contributed by atoms with Gasteiger partial charge in [-0.3, -0.25) is 4.79 Å². The van der Waals surface area contributed by atoms with Crippen molar-refractivity contribution >= 4 is 35.2 Å². The summed E-state index contributed by atoms with van der Waals surface area (Å²) in [4.78, 5) is 11.7. The normalized spacial score (nSPS) is 18.9. The van der Waals surface area contributed by atoms with Gasteiger partial charge in [0.25, 0.3) is 0 Å². The lowest BCUT2D eigenvalue weighted by Gasteiger charge is -2.09. The maximum atomic E-state index is 11.7. The number of hydrogen-bond donors (Lipinski definition) is 1. The highest BCUT2D eigenvalue weighted by Crippen LogP contribution is 2.25. The fourth-order valence-corrected chi connectivity index (χ4v) is 2.43. The third-order valence-electron chi connectivity index (χ3n) is 2.93. The largest absolute Gasteiger partial charge is 0.376 e. The molecule has 1 amide bonds. The third kappa shape index (κ3) is 4.23. The molecule has 1 aromatic carbocycles. The van der Waals surface area contributed by atoms with E-state index >= 15 is 0 Å². The average molecular weight is 300 g/mol. The number of halogens is 2. The van der Waals surface area contributed by atoms with E-state index in [4.69, 9.17) is 27.9 Å². The molecule has 0 radical (unpaired) electrons. The van der Waals surface area contributed by atoms with Crippen molar-refractivity contribution in [2.45, 2.75) is 18.9 Å². The molecule has 3 nitrogen and oxygen atoms in total. The first-order valence-electron chi connectivity index (χ1n) is 6.18. The average Bonchev–Trinajstić information content (AvgIpc) is 2.89. The summed E-state index contributed by atoms with van der Waals surface area (Å²) in [7, 11) is 0. The highest BCUT2D eigenvalue weighted by Gasteiger charge is 2.15. The van der Waals surface area contributed by atoms with E-state index in [2.05, 4.69) is 5.32 Å². The Morgan fingerprint density at radius 2 is 2.16 bits per heavy atom. The number of carbonyl (C=O) groups excluding carboxylic acids is 1. The molecule has 2 rings (SSSR count). The highest BCUT2D eigenvalue weighted by molar-refractivity contribution is 6.37. The molecule has 0 bridgehead atoms. The summed E-state index contributed by atoms with van der Waals surface area (Å²) >= 11 is 12.0. The molecule has 1 aromatic rings. The molecule has 19 heavy (non-hydrogen) atoms. The van der Waals surface area contributed by atoms with Gasteiger partial charge in [-0.1, -0.05) is 29.3 Å². The Morgan fingerprint density at radius 3 is 2.79 bits per heavy atom. The number of amides is 1. The van der Waals surface area contributed by atoms with Gasteiger partial charge in [0.1, 0.15) is 0 Å². The van der Waals surface area contributed by atoms with E-state index in [1.54, 1.807) is 24.3 Å². The fraction of sp³-hybridized carbons (Fsp3) is 0.357. The predicted molar refractivity (Wildman–Crippen MR) is 77.5 cm³/mol. The molecule has 1 aliphatic rings. The van der Waals surface area contributed by atoms with Gasteiger partial charge in [-0.25, -0.2) is 0 Å². The molecule has 1 atom stereocenters. The molecule has 1 saturated heterocycles. The summed E-state index contributed by atoms with van der Waals surface area (Å²) in [6.07, 6.45) is 5.25. The van der Waals surface area contributed by atoms with Gasteiger partial charge in [0, 0.05) is 34.8 Å². The Balaban J connectivity index is 1.88. The fourth-order valence-electron chi connectivity index (χ4n) is 1.91. The minimum atomic E-state index is -0.175. The lowest BCUT2D eigenvalue weighted by Crippen LogP contribution is -2.30. The summed E-state index contributed by atoms with van der Waals surface area (Å²) < 4.78 is 5.42. The Hall–Kier alpha value is -1.03. The standard InChI is InChI=1S/C14H15Cl2NO2/c15-12-4-1-5-13(16)11(12)6-7-14(18)17-9-10-3-2-8-19-10/h1,4-7,10H,2-3,8-9H2,(H,17,18). The third-order valence-corrected chi connectivity index (χ3v) is 3.59. The van der Waals surface area contributed by atoms with Gasteiger partial charge in [0.2, 0.25) is 5.91 Å². The van der Waals surface area contributed by atoms with Crippen molar-refractivity contribution in [3.05, 3.63) is 39.9 Å². The van der Waals surface area contributed by atoms with Crippen LogP contribution in [0.2, 0.25) is 10.0 Å². The second-order valence-electron chi connectivity index (χ2n) is 4.35. The first-order chi connectivity index (χ1) is 9.16. The van der Waals surface area contributed by atoms with Gasteiger partial charge in [0.15, 0.2) is 0 Å². The van der Waals surface area contributed by atoms with E-state index < -0.39 is 0 Å². The van der Waals surface area contributed by atoms with Gasteiger partial charge >= 0.3 is 0 Å². The van der Waals surface area contributed by atoms with Crippen molar-refractivity contribution < 1.29 is 9.53 Å². The number of nitrogens with one attached hydrogen (secondary N) is 1. The topological polar surface area (TPSA) is 38.3 Å². The van der Waals surface area contributed by atoms with E-state index in [9.17, 15) is 4.79 Å². The van der Waals surface area contributed by atoms with Crippen LogP contribution < -0.4 is 5.32 Å². The van der Waals surface area contributed by atoms with Crippen LogP contribution in [0, 0.1) is 0 Å². The van der Waals surface area contributed by atoms with Crippen molar-refractivity contribution in [1.29, 1.82) is 0 Å². The lowest BCUT2D eigenvalue weighted by atomic mass is 10.2. The van der Waals surface area contributed by atoms with Gasteiger partial charge in [-0.15, -0.1) is 0 Å². The summed E-state index contributed by atoms with van der Waals surface area (Å²) in [5, 5.41) is 3.84. The zero-order valence-electron chi connectivity index (χ0n) is 10.4. The van der Waals surface area contributed by atoms with Gasteiger partial charge in [-0.2, -0.15) is 0 Å². The molecule has 102 valence electrons. The smallest absolute Gasteiger partial charge is 0.244 e. The summed E-state index contributed by atoms with van der Waals surface area (Å²) in [5.41, 5.74) is 0.651. The van der Waals surface area contributed by atoms with E-state index in [-0.39, 0.29) is 12.0 Å². The van der Waals surface area contributed by atoms with E-state index in [0.29, 0.717) is 22.2 Å². The Bertz CT molecular complexity index is 462. The lowest BCUT2D eigenvalue weighted by molar-refractivity contribution is -0.116. The molecule has 1 heterocycles. The summed E-state index contributed by atoms with van der Waals surface area (Å²) in [5.74, 6) is -0.175. The Kier molecular flexibility index (Phi) is 5.25. The summed E-state index contributed by atoms with van der Waals surface area (Å²) in [6.45, 7) is 1.32. The van der Waals surface area contributed by atoms with Crippen LogP contribution in [0.4, 0.5) is 0 Å². The van der Waals surface area contributed by atoms with Crippen LogP contribution in [0.25, 0.3) is 6.08 Å². The molecule has 1 fully saturated rings. The molecule has 1 unspecified atom stereocenters. The van der Waals surface area contributed by atoms with Crippen LogP contribution in [-0.4, -0.2) is 25.2 Å². The maximum absolute atomic E-state index is 11.7. The van der Waals surface area contributed by atoms with Crippen molar-refractivity contribution in [3.63, 3.8) is 0 Å². The Labute approximate surface area is 122 Å². The molecule has 0 aromatic heterocycles. The van der Waals surface area contributed by atoms with Crippen LogP contribution in [0.15, 0.2) is 24.3 Å². The number of rotatable bonds is 4. The first-order valence-corrected chi connectivity index (χ1v) is 6.94. The van der Waals surface area contributed by atoms with Crippen LogP contribution in [-0.2, 0) is 9.53 Å². The zero-order chi connectivity index (χ0) is 13.7. The number of ether oxygens (including phenoxy) is 1. The van der Waals surface area contributed by atoms with Gasteiger partial charge < -0.3 is 10.1 Å². The second-order valence-corrected chi connectivity index (χ2v) is 5.16. The van der Waals surface area contributed by atoms with Crippen molar-refractivity contribution in [2.75, 3.05) is 13.2 Å². The highest BCUT2D eigenvalue weighted by atomic mass is 35.5. The number of carbonyl (C=O) groups is 1. The quantitative estimate of drug-likeness (QED) is 0.866. The minimum Gasteiger partial charge on any atom is -0.376 e. The van der Waals surface area contributed by atoms with Gasteiger partial charge in [-0.05, 0) is 31.1 Å². The van der Waals surface area contributed by atoms with E-state index in [0.717, 1.165) is 19.4 Å². The molecular weight excluding hydrogens is 285 g/mol. The molecule has 0 spiro atoms. The predicted octanol–water partition coefficient (Wildman–Crippen LogP) is 3.30. The van der Waals surface area contributed by atoms with Crippen LogP contribution >= 0.6 is 23.2 Å². The molecule has 0 saturated carbocycles. The van der Waals surface area contributed by atoms with Crippen LogP contribution in [0.5, 0.6) is 0 Å². The second kappa shape index (κ2) is 6.94. The van der Waals surface area contributed by atoms with Crippen LogP contribution in [0.1, 0.15) is 18.4 Å². The monoisotopic (exact) mass is 299 g/mol. The zero-order valence-corrected chi connectivity index (χ0v) is 11.9. The number of benzene rings is 1. The minimum absolute atomic E-state index is 0.140. The van der Waals surface area contributed by atoms with Crippen molar-refractivity contribution in [1.82, 2.24) is 5.32 Å². The van der Waals surface area contributed by atoms with Crippen molar-refractivity contribution in [2.24, 2.45) is 0 Å². The van der Waals surface area contributed by atoms with E-state index in [1.165, 1.54) is 6.08 Å². The maximum Gasteiger partial charge on any atom is 0.244 e. The van der Waals surface area contributed by atoms with Crippen molar-refractivity contribution in [3.8, 4) is 0 Å². The molecule has 0 aliphatic carbocycles. The Morgan fingerprint density at radius 1 is 1.42 bits per heavy atom. The van der Waals surface area contributed by atoms with E-state index in [1.807, 2.05) is 0 Å². The number of hydrogen-bond acceptors (Lipinski definition) is 2. The van der Waals surface area contributed by atoms with Crippen LogP contribution in [0.3, 0.4) is 0 Å². The first kappa shape index (κ1) is 14.4. The molecular formula is C14H15Cl2NO2. The SMILES string of the molecule is O=C(C=Cc1c(Cl)cccc1Cl)NCC1CCCO1. The molecule has 5 heteroatoms. The summed E-state index contributed by atoms with van der Waals surface area (Å²) in [6, 6.07) is 5.23. The molecule has 1 aliphatic heterocycles.